The first-order valence-corrected chi connectivity index (χ1v) is 3.75. The lowest BCUT2D eigenvalue weighted by Crippen LogP contribution is -2.06. The fourth-order valence-electron chi connectivity index (χ4n) is 0.986. The van der Waals surface area contributed by atoms with Gasteiger partial charge in [-0.2, -0.15) is 4.68 Å². The maximum absolute atomic E-state index is 10.5. The Morgan fingerprint density at radius 2 is 2.31 bits per heavy atom. The molecule has 1 aromatic rings. The first-order chi connectivity index (χ1) is 6.06. The van der Waals surface area contributed by atoms with Crippen LogP contribution in [0.25, 0.3) is 0 Å². The molecule has 0 saturated carbocycles. The van der Waals surface area contributed by atoms with Crippen LogP contribution in [0.15, 0.2) is 6.07 Å². The Hall–Kier alpha value is -1.72. The number of carbonyl (C=O) groups is 1. The summed E-state index contributed by atoms with van der Waals surface area (Å²) in [6.45, 7) is 3.59. The third-order valence-electron chi connectivity index (χ3n) is 1.55. The van der Waals surface area contributed by atoms with E-state index >= 15 is 0 Å². The maximum Gasteiger partial charge on any atom is 0.390 e. The zero-order valence-corrected chi connectivity index (χ0v) is 7.30. The minimum absolute atomic E-state index is 0.0612. The van der Waals surface area contributed by atoms with E-state index < -0.39 is 4.92 Å². The minimum atomic E-state index is -0.619. The first-order valence-electron chi connectivity index (χ1n) is 3.75. The van der Waals surface area contributed by atoms with Crippen LogP contribution in [0.1, 0.15) is 30.4 Å². The number of nitrogens with zero attached hydrogens (tertiary/aromatic N) is 3. The standard InChI is InChI=1S/C7H9N3O3/c1-5(2)9-6(4-11)3-7(8-9)10(12)13/h3-5H,1-2H3. The fourth-order valence-corrected chi connectivity index (χ4v) is 0.986. The van der Waals surface area contributed by atoms with Crippen molar-refractivity contribution in [3.8, 4) is 0 Å². The Balaban J connectivity index is 3.19. The number of carbonyl (C=O) groups excluding carboxylic acids is 1. The van der Waals surface area contributed by atoms with E-state index in [0.29, 0.717) is 6.29 Å². The molecule has 0 radical (unpaired) electrons. The van der Waals surface area contributed by atoms with Gasteiger partial charge in [0.05, 0.1) is 17.2 Å². The second kappa shape index (κ2) is 3.34. The molecule has 0 atom stereocenters. The van der Waals surface area contributed by atoms with Crippen LogP contribution in [0.4, 0.5) is 5.82 Å². The quantitative estimate of drug-likeness (QED) is 0.400. The van der Waals surface area contributed by atoms with Crippen LogP contribution in [-0.4, -0.2) is 21.0 Å². The highest BCUT2D eigenvalue weighted by Crippen LogP contribution is 2.14. The molecule has 0 bridgehead atoms. The summed E-state index contributed by atoms with van der Waals surface area (Å²) in [6, 6.07) is 1.10. The largest absolute Gasteiger partial charge is 0.390 e. The molecule has 0 aliphatic rings. The molecular formula is C7H9N3O3. The summed E-state index contributed by atoms with van der Waals surface area (Å²) < 4.78 is 1.32. The molecule has 1 rings (SSSR count). The third-order valence-corrected chi connectivity index (χ3v) is 1.55. The highest BCUT2D eigenvalue weighted by atomic mass is 16.6. The van der Waals surface area contributed by atoms with Gasteiger partial charge in [-0.3, -0.25) is 4.79 Å². The van der Waals surface area contributed by atoms with Crippen LogP contribution in [0.2, 0.25) is 0 Å². The van der Waals surface area contributed by atoms with Gasteiger partial charge in [0.1, 0.15) is 5.69 Å². The summed E-state index contributed by atoms with van der Waals surface area (Å²) in [5.74, 6) is -0.296. The van der Waals surface area contributed by atoms with E-state index in [4.69, 9.17) is 0 Å². The zero-order valence-electron chi connectivity index (χ0n) is 7.30. The first kappa shape index (κ1) is 9.37. The topological polar surface area (TPSA) is 78.0 Å². The van der Waals surface area contributed by atoms with Gasteiger partial charge in [0.25, 0.3) is 0 Å². The van der Waals surface area contributed by atoms with E-state index in [0.717, 1.165) is 6.07 Å². The van der Waals surface area contributed by atoms with Gasteiger partial charge in [-0.05, 0) is 18.8 Å². The van der Waals surface area contributed by atoms with Gasteiger partial charge in [0.15, 0.2) is 6.29 Å². The SMILES string of the molecule is CC(C)n1nc([N+](=O)[O-])cc1C=O. The lowest BCUT2D eigenvalue weighted by atomic mass is 10.4. The number of nitro groups is 1. The van der Waals surface area contributed by atoms with Crippen LogP contribution < -0.4 is 0 Å². The molecule has 1 aromatic heterocycles. The molecule has 0 N–H and O–H groups in total. The molecule has 6 nitrogen and oxygen atoms in total. The van der Waals surface area contributed by atoms with Gasteiger partial charge in [0.2, 0.25) is 0 Å². The number of hydrogen-bond donors (Lipinski definition) is 0. The fraction of sp³-hybridized carbons (Fsp3) is 0.429. The Bertz CT molecular complexity index is 343. The van der Waals surface area contributed by atoms with Crippen LogP contribution in [0.5, 0.6) is 0 Å². The second-order valence-electron chi connectivity index (χ2n) is 2.84. The number of aldehydes is 1. The Kier molecular flexibility index (Phi) is 2.41. The van der Waals surface area contributed by atoms with Crippen LogP contribution in [0, 0.1) is 10.1 Å². The summed E-state index contributed by atoms with van der Waals surface area (Å²) in [5.41, 5.74) is 0.224. The Morgan fingerprint density at radius 3 is 2.62 bits per heavy atom. The van der Waals surface area contributed by atoms with Gasteiger partial charge >= 0.3 is 5.82 Å². The predicted molar refractivity (Wildman–Crippen MR) is 44.7 cm³/mol. The van der Waals surface area contributed by atoms with Crippen LogP contribution in [0.3, 0.4) is 0 Å². The van der Waals surface area contributed by atoms with Crippen LogP contribution >= 0.6 is 0 Å². The summed E-state index contributed by atoms with van der Waals surface area (Å²) >= 11 is 0. The highest BCUT2D eigenvalue weighted by Gasteiger charge is 2.18. The monoisotopic (exact) mass is 183 g/mol. The molecule has 70 valence electrons. The molecule has 0 unspecified atom stereocenters. The van der Waals surface area contributed by atoms with Crippen molar-refractivity contribution >= 4 is 12.1 Å². The number of hydrogen-bond acceptors (Lipinski definition) is 4. The van der Waals surface area contributed by atoms with Gasteiger partial charge in [-0.15, -0.1) is 0 Å². The molecule has 0 fully saturated rings. The molecule has 0 spiro atoms. The molecular weight excluding hydrogens is 174 g/mol. The predicted octanol–water partition coefficient (Wildman–Crippen LogP) is 1.18. The highest BCUT2D eigenvalue weighted by molar-refractivity contribution is 5.73. The van der Waals surface area contributed by atoms with E-state index in [1.165, 1.54) is 4.68 Å². The van der Waals surface area contributed by atoms with E-state index in [1.54, 1.807) is 13.8 Å². The zero-order chi connectivity index (χ0) is 10.0. The van der Waals surface area contributed by atoms with Gasteiger partial charge in [-0.1, -0.05) is 0 Å². The van der Waals surface area contributed by atoms with Crippen molar-refractivity contribution in [3.05, 3.63) is 21.9 Å². The summed E-state index contributed by atoms with van der Waals surface area (Å²) in [4.78, 5) is 20.2. The van der Waals surface area contributed by atoms with Gasteiger partial charge < -0.3 is 10.1 Å². The minimum Gasteiger partial charge on any atom is -0.358 e. The lowest BCUT2D eigenvalue weighted by molar-refractivity contribution is -0.389. The lowest BCUT2D eigenvalue weighted by Gasteiger charge is -1.99. The smallest absolute Gasteiger partial charge is 0.358 e. The summed E-state index contributed by atoms with van der Waals surface area (Å²) in [7, 11) is 0. The molecule has 0 saturated heterocycles. The normalized spacial score (nSPS) is 10.4. The van der Waals surface area contributed by atoms with E-state index in [-0.39, 0.29) is 17.6 Å². The van der Waals surface area contributed by atoms with Gasteiger partial charge in [0, 0.05) is 0 Å². The average molecular weight is 183 g/mol. The summed E-state index contributed by atoms with van der Waals surface area (Å²) in [5, 5.41) is 14.0. The van der Waals surface area contributed by atoms with Crippen molar-refractivity contribution in [2.45, 2.75) is 19.9 Å². The van der Waals surface area contributed by atoms with E-state index in [9.17, 15) is 14.9 Å². The Morgan fingerprint density at radius 1 is 1.69 bits per heavy atom. The van der Waals surface area contributed by atoms with Crippen molar-refractivity contribution in [1.29, 1.82) is 0 Å². The van der Waals surface area contributed by atoms with Crippen molar-refractivity contribution in [1.82, 2.24) is 9.78 Å². The summed E-state index contributed by atoms with van der Waals surface area (Å²) in [6.07, 6.45) is 0.556. The third kappa shape index (κ3) is 1.71. The number of rotatable bonds is 3. The number of aromatic nitrogens is 2. The molecule has 0 aromatic carbocycles. The Labute approximate surface area is 74.3 Å². The second-order valence-corrected chi connectivity index (χ2v) is 2.84. The molecule has 0 amide bonds. The van der Waals surface area contributed by atoms with E-state index in [2.05, 4.69) is 5.10 Å². The van der Waals surface area contributed by atoms with Crippen molar-refractivity contribution in [2.24, 2.45) is 0 Å². The average Bonchev–Trinajstić information content (AvgIpc) is 2.47. The molecule has 6 heteroatoms. The molecule has 0 aliphatic carbocycles. The molecule has 13 heavy (non-hydrogen) atoms. The molecule has 1 heterocycles. The van der Waals surface area contributed by atoms with Crippen molar-refractivity contribution in [2.75, 3.05) is 0 Å². The van der Waals surface area contributed by atoms with Gasteiger partial charge in [-0.25, -0.2) is 0 Å². The maximum atomic E-state index is 10.5. The van der Waals surface area contributed by atoms with Crippen molar-refractivity contribution < 1.29 is 9.72 Å². The van der Waals surface area contributed by atoms with E-state index in [1.807, 2.05) is 0 Å². The molecule has 0 aliphatic heterocycles. The van der Waals surface area contributed by atoms with Crippen molar-refractivity contribution in [3.63, 3.8) is 0 Å². The van der Waals surface area contributed by atoms with Crippen LogP contribution in [-0.2, 0) is 0 Å².